The zero-order valence-corrected chi connectivity index (χ0v) is 17.0. The number of rotatable bonds is 5. The molecule has 4 rings (SSSR count). The monoisotopic (exact) mass is 398 g/mol. The molecule has 0 aliphatic heterocycles. The highest BCUT2D eigenvalue weighted by atomic mass is 16.1. The number of hydrogen-bond acceptors (Lipinski definition) is 6. The molecule has 0 spiro atoms. The van der Waals surface area contributed by atoms with E-state index in [9.17, 15) is 4.79 Å². The van der Waals surface area contributed by atoms with Crippen molar-refractivity contribution in [1.29, 1.82) is 0 Å². The van der Waals surface area contributed by atoms with Crippen molar-refractivity contribution in [2.75, 3.05) is 29.6 Å². The zero-order chi connectivity index (χ0) is 21.1. The third kappa shape index (κ3) is 4.20. The lowest BCUT2D eigenvalue weighted by molar-refractivity contribution is 0.102. The predicted octanol–water partition coefficient (Wildman–Crippen LogP) is 4.40. The minimum Gasteiger partial charge on any atom is -0.378 e. The number of hydrogen-bond donors (Lipinski definition) is 2. The van der Waals surface area contributed by atoms with Gasteiger partial charge in [-0.05, 0) is 43.3 Å². The Kier molecular flexibility index (Phi) is 5.26. The van der Waals surface area contributed by atoms with Gasteiger partial charge in [0.25, 0.3) is 5.91 Å². The first-order chi connectivity index (χ1) is 14.5. The molecule has 0 aliphatic rings. The number of carbonyl (C=O) groups is 1. The van der Waals surface area contributed by atoms with Crippen LogP contribution in [0.3, 0.4) is 0 Å². The van der Waals surface area contributed by atoms with Crippen LogP contribution < -0.4 is 15.5 Å². The smallest absolute Gasteiger partial charge is 0.274 e. The Morgan fingerprint density at radius 3 is 2.50 bits per heavy atom. The molecular weight excluding hydrogens is 376 g/mol. The van der Waals surface area contributed by atoms with Crippen LogP contribution in [-0.4, -0.2) is 35.0 Å². The van der Waals surface area contributed by atoms with Gasteiger partial charge in [0, 0.05) is 43.1 Å². The lowest BCUT2D eigenvalue weighted by atomic mass is 10.2. The topological polar surface area (TPSA) is 83.0 Å². The summed E-state index contributed by atoms with van der Waals surface area (Å²) in [5.74, 6) is 0.747. The van der Waals surface area contributed by atoms with Crippen molar-refractivity contribution >= 4 is 39.7 Å². The van der Waals surface area contributed by atoms with Gasteiger partial charge in [0.15, 0.2) is 0 Å². The maximum absolute atomic E-state index is 12.9. The van der Waals surface area contributed by atoms with Crippen molar-refractivity contribution in [3.8, 4) is 0 Å². The van der Waals surface area contributed by atoms with Crippen molar-refractivity contribution in [2.24, 2.45) is 0 Å². The van der Waals surface area contributed by atoms with Crippen molar-refractivity contribution in [1.82, 2.24) is 15.0 Å². The second-order valence-corrected chi connectivity index (χ2v) is 7.09. The first-order valence-electron chi connectivity index (χ1n) is 9.55. The van der Waals surface area contributed by atoms with E-state index in [1.54, 1.807) is 19.2 Å². The van der Waals surface area contributed by atoms with Gasteiger partial charge in [-0.15, -0.1) is 0 Å². The van der Waals surface area contributed by atoms with Crippen molar-refractivity contribution in [3.63, 3.8) is 0 Å². The molecule has 2 aromatic heterocycles. The summed E-state index contributed by atoms with van der Waals surface area (Å²) >= 11 is 0. The molecule has 7 nitrogen and oxygen atoms in total. The second kappa shape index (κ2) is 8.16. The van der Waals surface area contributed by atoms with E-state index in [0.717, 1.165) is 22.3 Å². The fourth-order valence-corrected chi connectivity index (χ4v) is 3.13. The average Bonchev–Trinajstić information content (AvgIpc) is 2.74. The Hall–Kier alpha value is -4.00. The van der Waals surface area contributed by atoms with Gasteiger partial charge in [-0.1, -0.05) is 18.2 Å². The minimum absolute atomic E-state index is 0.280. The van der Waals surface area contributed by atoms with E-state index < -0.39 is 0 Å². The summed E-state index contributed by atoms with van der Waals surface area (Å²) < 4.78 is 0. The standard InChI is InChI=1S/C23H22N6O/c1-15-25-20(14-21(26-15)27-17-9-11-18(12-10-17)29(2)3)23(30)28-19-8-4-6-16-7-5-13-24-22(16)19/h4-14H,1-3H3,(H,28,30)(H,25,26,27). The van der Waals surface area contributed by atoms with Gasteiger partial charge in [-0.2, -0.15) is 0 Å². The molecule has 0 atom stereocenters. The molecule has 0 saturated heterocycles. The van der Waals surface area contributed by atoms with Crippen LogP contribution in [0.4, 0.5) is 22.9 Å². The fourth-order valence-electron chi connectivity index (χ4n) is 3.13. The van der Waals surface area contributed by atoms with Crippen molar-refractivity contribution < 1.29 is 4.79 Å². The number of aromatic nitrogens is 3. The predicted molar refractivity (Wildman–Crippen MR) is 121 cm³/mol. The highest BCUT2D eigenvalue weighted by Crippen LogP contribution is 2.22. The molecule has 0 fully saturated rings. The average molecular weight is 398 g/mol. The van der Waals surface area contributed by atoms with Crippen LogP contribution >= 0.6 is 0 Å². The van der Waals surface area contributed by atoms with Crippen LogP contribution in [0, 0.1) is 6.92 Å². The Morgan fingerprint density at radius 2 is 1.73 bits per heavy atom. The SMILES string of the molecule is Cc1nc(Nc2ccc(N(C)C)cc2)cc(C(=O)Nc2cccc3cccnc23)n1. The number of carbonyl (C=O) groups excluding carboxylic acids is 1. The number of nitrogens with one attached hydrogen (secondary N) is 2. The first kappa shape index (κ1) is 19.3. The number of nitrogens with zero attached hydrogens (tertiary/aromatic N) is 4. The third-order valence-electron chi connectivity index (χ3n) is 4.61. The van der Waals surface area contributed by atoms with Gasteiger partial charge in [0.2, 0.25) is 0 Å². The van der Waals surface area contributed by atoms with Gasteiger partial charge in [0.1, 0.15) is 17.3 Å². The molecule has 0 bridgehead atoms. The van der Waals surface area contributed by atoms with E-state index in [1.807, 2.05) is 73.6 Å². The lowest BCUT2D eigenvalue weighted by Gasteiger charge is -2.13. The molecule has 7 heteroatoms. The van der Waals surface area contributed by atoms with Crippen molar-refractivity contribution in [3.05, 3.63) is 78.4 Å². The van der Waals surface area contributed by atoms with E-state index >= 15 is 0 Å². The molecule has 0 saturated carbocycles. The minimum atomic E-state index is -0.315. The van der Waals surface area contributed by atoms with Crippen LogP contribution in [0.2, 0.25) is 0 Å². The van der Waals surface area contributed by atoms with Gasteiger partial charge in [-0.25, -0.2) is 9.97 Å². The van der Waals surface area contributed by atoms with Gasteiger partial charge in [-0.3, -0.25) is 9.78 Å². The quantitative estimate of drug-likeness (QED) is 0.519. The highest BCUT2D eigenvalue weighted by molar-refractivity contribution is 6.07. The summed E-state index contributed by atoms with van der Waals surface area (Å²) in [6, 6.07) is 19.1. The number of benzene rings is 2. The Bertz CT molecular complexity index is 1200. The second-order valence-electron chi connectivity index (χ2n) is 7.09. The molecule has 30 heavy (non-hydrogen) atoms. The molecule has 1 amide bonds. The molecule has 2 aromatic carbocycles. The van der Waals surface area contributed by atoms with E-state index in [1.165, 1.54) is 0 Å². The highest BCUT2D eigenvalue weighted by Gasteiger charge is 2.13. The summed E-state index contributed by atoms with van der Waals surface area (Å²) in [5, 5.41) is 7.11. The summed E-state index contributed by atoms with van der Waals surface area (Å²) in [7, 11) is 3.99. The van der Waals surface area contributed by atoms with Crippen LogP contribution in [0.15, 0.2) is 66.9 Å². The van der Waals surface area contributed by atoms with Gasteiger partial charge >= 0.3 is 0 Å². The number of fused-ring (bicyclic) bond motifs is 1. The van der Waals surface area contributed by atoms with E-state index in [4.69, 9.17) is 0 Å². The van der Waals surface area contributed by atoms with Crippen molar-refractivity contribution in [2.45, 2.75) is 6.92 Å². The lowest BCUT2D eigenvalue weighted by Crippen LogP contribution is -2.15. The van der Waals surface area contributed by atoms with Crippen LogP contribution in [0.5, 0.6) is 0 Å². The molecule has 0 aliphatic carbocycles. The maximum Gasteiger partial charge on any atom is 0.274 e. The number of pyridine rings is 1. The first-order valence-corrected chi connectivity index (χ1v) is 9.55. The number of amides is 1. The zero-order valence-electron chi connectivity index (χ0n) is 17.0. The molecule has 150 valence electrons. The summed E-state index contributed by atoms with van der Waals surface area (Å²) in [5.41, 5.74) is 3.64. The normalized spacial score (nSPS) is 10.6. The summed E-state index contributed by atoms with van der Waals surface area (Å²) in [4.78, 5) is 28.0. The fraction of sp³-hybridized carbons (Fsp3) is 0.130. The maximum atomic E-state index is 12.9. The van der Waals surface area contributed by atoms with E-state index in [2.05, 4.69) is 25.6 Å². The molecule has 2 N–H and O–H groups in total. The molecule has 0 radical (unpaired) electrons. The van der Waals surface area contributed by atoms with Crippen LogP contribution in [0.1, 0.15) is 16.3 Å². The number of anilines is 4. The van der Waals surface area contributed by atoms with E-state index in [0.29, 0.717) is 17.3 Å². The number of para-hydroxylation sites is 1. The Balaban J connectivity index is 1.57. The molecule has 4 aromatic rings. The summed E-state index contributed by atoms with van der Waals surface area (Å²) in [6.45, 7) is 1.76. The Labute approximate surface area is 174 Å². The molecule has 0 unspecified atom stereocenters. The van der Waals surface area contributed by atoms with E-state index in [-0.39, 0.29) is 11.6 Å². The van der Waals surface area contributed by atoms with Gasteiger partial charge in [0.05, 0.1) is 11.2 Å². The van der Waals surface area contributed by atoms with Gasteiger partial charge < -0.3 is 15.5 Å². The largest absolute Gasteiger partial charge is 0.378 e. The molecule has 2 heterocycles. The third-order valence-corrected chi connectivity index (χ3v) is 4.61. The molecular formula is C23H22N6O. The van der Waals surface area contributed by atoms with Crippen LogP contribution in [-0.2, 0) is 0 Å². The Morgan fingerprint density at radius 1 is 0.967 bits per heavy atom. The summed E-state index contributed by atoms with van der Waals surface area (Å²) in [6.07, 6.45) is 1.70. The van der Waals surface area contributed by atoms with Crippen LogP contribution in [0.25, 0.3) is 10.9 Å². The number of aryl methyl sites for hydroxylation is 1.